The number of benzene rings is 1. The van der Waals surface area contributed by atoms with Crippen molar-refractivity contribution in [2.45, 2.75) is 44.8 Å². The summed E-state index contributed by atoms with van der Waals surface area (Å²) >= 11 is 0. The molecule has 1 aliphatic rings. The highest BCUT2D eigenvalue weighted by atomic mass is 19.1. The number of carbonyl (C=O) groups is 1. The normalized spacial score (nSPS) is 18.2. The molecule has 0 aliphatic carbocycles. The Labute approximate surface area is 149 Å². The standard InChI is InChI=1S/C19H30FN3O2/c1-14-5-6-15(20)11-16(14)17(24)22-19(7-9-23(4)10-8-19)13-21-12-18(2,3)25/h5-6,11,21,25H,7-10,12-13H2,1-4H3,(H,22,24). The Bertz CT molecular complexity index is 605. The second-order valence-corrected chi connectivity index (χ2v) is 7.91. The maximum Gasteiger partial charge on any atom is 0.252 e. The molecule has 3 N–H and O–H groups in total. The number of likely N-dealkylation sites (tertiary alicyclic amines) is 1. The molecule has 1 fully saturated rings. The summed E-state index contributed by atoms with van der Waals surface area (Å²) in [5.74, 6) is -0.653. The first-order valence-corrected chi connectivity index (χ1v) is 8.81. The molecule has 1 saturated heterocycles. The molecule has 25 heavy (non-hydrogen) atoms. The van der Waals surface area contributed by atoms with Crippen LogP contribution < -0.4 is 10.6 Å². The topological polar surface area (TPSA) is 64.6 Å². The van der Waals surface area contributed by atoms with Gasteiger partial charge in [0.1, 0.15) is 5.82 Å². The largest absolute Gasteiger partial charge is 0.389 e. The molecule has 1 aliphatic heterocycles. The van der Waals surface area contributed by atoms with Crippen LogP contribution in [0.1, 0.15) is 42.6 Å². The van der Waals surface area contributed by atoms with Crippen molar-refractivity contribution in [2.75, 3.05) is 33.2 Å². The Hall–Kier alpha value is -1.50. The van der Waals surface area contributed by atoms with E-state index in [0.29, 0.717) is 18.7 Å². The van der Waals surface area contributed by atoms with E-state index >= 15 is 0 Å². The van der Waals surface area contributed by atoms with Crippen LogP contribution in [0, 0.1) is 12.7 Å². The Morgan fingerprint density at radius 1 is 1.36 bits per heavy atom. The van der Waals surface area contributed by atoms with Crippen LogP contribution in [0.4, 0.5) is 4.39 Å². The molecule has 0 saturated carbocycles. The Kier molecular flexibility index (Phi) is 6.19. The van der Waals surface area contributed by atoms with E-state index in [1.807, 2.05) is 6.92 Å². The lowest BCUT2D eigenvalue weighted by Gasteiger charge is -2.42. The number of rotatable bonds is 6. The molecule has 2 rings (SSSR count). The monoisotopic (exact) mass is 351 g/mol. The minimum atomic E-state index is -0.810. The number of halogens is 1. The van der Waals surface area contributed by atoms with Crippen LogP contribution in [0.5, 0.6) is 0 Å². The first-order valence-electron chi connectivity index (χ1n) is 8.81. The lowest BCUT2D eigenvalue weighted by molar-refractivity contribution is 0.0697. The first-order chi connectivity index (χ1) is 11.6. The van der Waals surface area contributed by atoms with Crippen molar-refractivity contribution in [2.24, 2.45) is 0 Å². The highest BCUT2D eigenvalue weighted by Crippen LogP contribution is 2.23. The Morgan fingerprint density at radius 2 is 2.00 bits per heavy atom. The van der Waals surface area contributed by atoms with Gasteiger partial charge in [0.15, 0.2) is 0 Å². The smallest absolute Gasteiger partial charge is 0.252 e. The maximum absolute atomic E-state index is 13.5. The average Bonchev–Trinajstić information content (AvgIpc) is 2.51. The molecule has 0 radical (unpaired) electrons. The van der Waals surface area contributed by atoms with Gasteiger partial charge in [0, 0.05) is 31.7 Å². The molecule has 1 amide bonds. The van der Waals surface area contributed by atoms with E-state index in [0.717, 1.165) is 31.5 Å². The van der Waals surface area contributed by atoms with Crippen LogP contribution in [0.25, 0.3) is 0 Å². The Balaban J connectivity index is 2.12. The van der Waals surface area contributed by atoms with Gasteiger partial charge in [-0.25, -0.2) is 4.39 Å². The number of aliphatic hydroxyl groups is 1. The molecule has 140 valence electrons. The van der Waals surface area contributed by atoms with Crippen molar-refractivity contribution in [3.8, 4) is 0 Å². The highest BCUT2D eigenvalue weighted by Gasteiger charge is 2.35. The van der Waals surface area contributed by atoms with Crippen LogP contribution in [0.2, 0.25) is 0 Å². The molecule has 1 aromatic rings. The lowest BCUT2D eigenvalue weighted by Crippen LogP contribution is -2.60. The molecular formula is C19H30FN3O2. The van der Waals surface area contributed by atoms with Crippen LogP contribution >= 0.6 is 0 Å². The molecule has 6 heteroatoms. The van der Waals surface area contributed by atoms with Gasteiger partial charge in [-0.1, -0.05) is 6.07 Å². The highest BCUT2D eigenvalue weighted by molar-refractivity contribution is 5.96. The minimum absolute atomic E-state index is 0.244. The summed E-state index contributed by atoms with van der Waals surface area (Å²) in [5.41, 5.74) is -0.0733. The molecule has 1 heterocycles. The van der Waals surface area contributed by atoms with Gasteiger partial charge >= 0.3 is 0 Å². The van der Waals surface area contributed by atoms with Crippen LogP contribution in [0.3, 0.4) is 0 Å². The van der Waals surface area contributed by atoms with Gasteiger partial charge in [-0.3, -0.25) is 4.79 Å². The lowest BCUT2D eigenvalue weighted by atomic mass is 9.86. The van der Waals surface area contributed by atoms with Gasteiger partial charge in [-0.15, -0.1) is 0 Å². The second kappa shape index (κ2) is 7.81. The number of nitrogens with zero attached hydrogens (tertiary/aromatic N) is 1. The van der Waals surface area contributed by atoms with Crippen molar-refractivity contribution in [1.29, 1.82) is 0 Å². The van der Waals surface area contributed by atoms with Crippen molar-refractivity contribution in [3.05, 3.63) is 35.1 Å². The fourth-order valence-electron chi connectivity index (χ4n) is 3.15. The third-order valence-electron chi connectivity index (χ3n) is 4.79. The number of piperidine rings is 1. The van der Waals surface area contributed by atoms with Crippen LogP contribution in [0.15, 0.2) is 18.2 Å². The van der Waals surface area contributed by atoms with Crippen LogP contribution in [-0.2, 0) is 0 Å². The summed E-state index contributed by atoms with van der Waals surface area (Å²) in [7, 11) is 2.06. The van der Waals surface area contributed by atoms with E-state index in [1.54, 1.807) is 19.9 Å². The van der Waals surface area contributed by atoms with Gasteiger partial charge in [-0.05, 0) is 58.4 Å². The summed E-state index contributed by atoms with van der Waals surface area (Å²) in [4.78, 5) is 15.0. The van der Waals surface area contributed by atoms with Crippen molar-refractivity contribution in [3.63, 3.8) is 0 Å². The fourth-order valence-corrected chi connectivity index (χ4v) is 3.15. The fraction of sp³-hybridized carbons (Fsp3) is 0.632. The molecule has 5 nitrogen and oxygen atoms in total. The number of amides is 1. The zero-order chi connectivity index (χ0) is 18.7. The molecule has 0 spiro atoms. The first kappa shape index (κ1) is 19.8. The maximum atomic E-state index is 13.5. The summed E-state index contributed by atoms with van der Waals surface area (Å²) in [6.45, 7) is 8.08. The third kappa shape index (κ3) is 5.76. The molecular weight excluding hydrogens is 321 g/mol. The predicted octanol–water partition coefficient (Wildman–Crippen LogP) is 1.69. The Morgan fingerprint density at radius 3 is 2.60 bits per heavy atom. The number of hydrogen-bond acceptors (Lipinski definition) is 4. The van der Waals surface area contributed by atoms with E-state index < -0.39 is 17.0 Å². The van der Waals surface area contributed by atoms with Gasteiger partial charge in [0.2, 0.25) is 0 Å². The molecule has 0 aromatic heterocycles. The summed E-state index contributed by atoms with van der Waals surface area (Å²) in [6.07, 6.45) is 1.62. The molecule has 0 unspecified atom stereocenters. The van der Waals surface area contributed by atoms with Crippen molar-refractivity contribution in [1.82, 2.24) is 15.5 Å². The van der Waals surface area contributed by atoms with E-state index in [2.05, 4.69) is 22.6 Å². The SMILES string of the molecule is Cc1ccc(F)cc1C(=O)NC1(CNCC(C)(C)O)CCN(C)CC1. The van der Waals surface area contributed by atoms with E-state index in [4.69, 9.17) is 0 Å². The van der Waals surface area contributed by atoms with Gasteiger partial charge in [-0.2, -0.15) is 0 Å². The molecule has 0 atom stereocenters. The second-order valence-electron chi connectivity index (χ2n) is 7.91. The molecule has 1 aromatic carbocycles. The summed E-state index contributed by atoms with van der Waals surface area (Å²) in [5, 5.41) is 16.3. The van der Waals surface area contributed by atoms with E-state index in [9.17, 15) is 14.3 Å². The number of carbonyl (C=O) groups excluding carboxylic acids is 1. The van der Waals surface area contributed by atoms with Crippen molar-refractivity contribution >= 4 is 5.91 Å². The zero-order valence-corrected chi connectivity index (χ0v) is 15.7. The third-order valence-corrected chi connectivity index (χ3v) is 4.79. The predicted molar refractivity (Wildman–Crippen MR) is 97.2 cm³/mol. The van der Waals surface area contributed by atoms with Crippen LogP contribution in [-0.4, -0.2) is 60.3 Å². The zero-order valence-electron chi connectivity index (χ0n) is 15.7. The quantitative estimate of drug-likeness (QED) is 0.730. The number of hydrogen-bond donors (Lipinski definition) is 3. The van der Waals surface area contributed by atoms with Gasteiger partial charge in [0.25, 0.3) is 5.91 Å². The van der Waals surface area contributed by atoms with Gasteiger partial charge < -0.3 is 20.6 Å². The van der Waals surface area contributed by atoms with E-state index in [1.165, 1.54) is 12.1 Å². The van der Waals surface area contributed by atoms with Crippen molar-refractivity contribution < 1.29 is 14.3 Å². The minimum Gasteiger partial charge on any atom is -0.389 e. The van der Waals surface area contributed by atoms with Gasteiger partial charge in [0.05, 0.1) is 11.1 Å². The molecule has 0 bridgehead atoms. The summed E-state index contributed by atoms with van der Waals surface area (Å²) < 4.78 is 13.5. The van der Waals surface area contributed by atoms with E-state index in [-0.39, 0.29) is 5.91 Å². The average molecular weight is 351 g/mol. The number of nitrogens with one attached hydrogen (secondary N) is 2. The number of aryl methyl sites for hydroxylation is 1. The summed E-state index contributed by atoms with van der Waals surface area (Å²) in [6, 6.07) is 4.28.